The molecular weight excluding hydrogens is 190 g/mol. The fraction of sp³-hybridized carbons (Fsp3) is 0.667. The highest BCUT2D eigenvalue weighted by atomic mass is 16.3. The zero-order valence-electron chi connectivity index (χ0n) is 9.84. The van der Waals surface area contributed by atoms with Crippen molar-refractivity contribution < 1.29 is 9.52 Å². The molecule has 0 radical (unpaired) electrons. The summed E-state index contributed by atoms with van der Waals surface area (Å²) in [5.74, 6) is 1.84. The third-order valence-corrected chi connectivity index (χ3v) is 2.39. The third kappa shape index (κ3) is 4.49. The van der Waals surface area contributed by atoms with Crippen molar-refractivity contribution in [3.8, 4) is 0 Å². The Kier molecular flexibility index (Phi) is 4.36. The lowest BCUT2D eigenvalue weighted by Gasteiger charge is -2.22. The highest BCUT2D eigenvalue weighted by Crippen LogP contribution is 2.11. The molecule has 0 saturated heterocycles. The molecule has 0 aliphatic heterocycles. The molecule has 0 bridgehead atoms. The minimum atomic E-state index is -0.615. The summed E-state index contributed by atoms with van der Waals surface area (Å²) in [6.07, 6.45) is 1.81. The second-order valence-electron chi connectivity index (χ2n) is 4.36. The van der Waals surface area contributed by atoms with Crippen LogP contribution in [0.4, 0.5) is 0 Å². The van der Waals surface area contributed by atoms with E-state index in [4.69, 9.17) is 4.42 Å². The predicted molar refractivity (Wildman–Crippen MR) is 60.7 cm³/mol. The number of rotatable bonds is 6. The fourth-order valence-electron chi connectivity index (χ4n) is 1.66. The second-order valence-corrected chi connectivity index (χ2v) is 4.36. The molecule has 0 amide bonds. The van der Waals surface area contributed by atoms with Crippen molar-refractivity contribution in [1.29, 1.82) is 0 Å². The van der Waals surface area contributed by atoms with E-state index in [9.17, 15) is 5.11 Å². The van der Waals surface area contributed by atoms with E-state index in [1.165, 1.54) is 0 Å². The second kappa shape index (κ2) is 5.33. The SMILES string of the molecule is CCCC(C)(O)CNCc1ccc(C)o1. The Labute approximate surface area is 91.5 Å². The Morgan fingerprint density at radius 3 is 2.73 bits per heavy atom. The van der Waals surface area contributed by atoms with Crippen molar-refractivity contribution in [2.24, 2.45) is 0 Å². The molecule has 1 aromatic rings. The molecule has 15 heavy (non-hydrogen) atoms. The Hall–Kier alpha value is -0.800. The monoisotopic (exact) mass is 211 g/mol. The van der Waals surface area contributed by atoms with Gasteiger partial charge in [0.05, 0.1) is 12.1 Å². The number of hydrogen-bond donors (Lipinski definition) is 2. The summed E-state index contributed by atoms with van der Waals surface area (Å²) in [6.45, 7) is 7.13. The molecule has 0 aliphatic carbocycles. The predicted octanol–water partition coefficient (Wildman–Crippen LogP) is 2.23. The van der Waals surface area contributed by atoms with Gasteiger partial charge in [-0.15, -0.1) is 0 Å². The van der Waals surface area contributed by atoms with Gasteiger partial charge >= 0.3 is 0 Å². The first-order valence-electron chi connectivity index (χ1n) is 5.52. The molecular formula is C12H21NO2. The first-order chi connectivity index (χ1) is 7.03. The van der Waals surface area contributed by atoms with Gasteiger partial charge in [-0.05, 0) is 32.4 Å². The van der Waals surface area contributed by atoms with Crippen LogP contribution in [0.2, 0.25) is 0 Å². The number of hydrogen-bond acceptors (Lipinski definition) is 3. The van der Waals surface area contributed by atoms with Crippen molar-refractivity contribution in [3.63, 3.8) is 0 Å². The lowest BCUT2D eigenvalue weighted by molar-refractivity contribution is 0.0494. The Morgan fingerprint density at radius 2 is 2.20 bits per heavy atom. The van der Waals surface area contributed by atoms with E-state index in [-0.39, 0.29) is 0 Å². The van der Waals surface area contributed by atoms with Crippen molar-refractivity contribution in [1.82, 2.24) is 5.32 Å². The molecule has 3 heteroatoms. The topological polar surface area (TPSA) is 45.4 Å². The van der Waals surface area contributed by atoms with E-state index >= 15 is 0 Å². The van der Waals surface area contributed by atoms with E-state index in [2.05, 4.69) is 12.2 Å². The van der Waals surface area contributed by atoms with Gasteiger partial charge in [-0.2, -0.15) is 0 Å². The molecule has 1 heterocycles. The van der Waals surface area contributed by atoms with Gasteiger partial charge in [0, 0.05) is 6.54 Å². The van der Waals surface area contributed by atoms with Gasteiger partial charge in [0.15, 0.2) is 0 Å². The van der Waals surface area contributed by atoms with E-state index < -0.39 is 5.60 Å². The minimum absolute atomic E-state index is 0.598. The average Bonchev–Trinajstić information content (AvgIpc) is 2.51. The lowest BCUT2D eigenvalue weighted by atomic mass is 10.0. The van der Waals surface area contributed by atoms with Crippen LogP contribution in [0.5, 0.6) is 0 Å². The smallest absolute Gasteiger partial charge is 0.117 e. The zero-order valence-corrected chi connectivity index (χ0v) is 9.84. The van der Waals surface area contributed by atoms with Crippen LogP contribution < -0.4 is 5.32 Å². The summed E-state index contributed by atoms with van der Waals surface area (Å²) >= 11 is 0. The molecule has 0 spiro atoms. The number of nitrogens with one attached hydrogen (secondary N) is 1. The van der Waals surface area contributed by atoms with Gasteiger partial charge in [-0.3, -0.25) is 0 Å². The van der Waals surface area contributed by atoms with Crippen LogP contribution in [-0.4, -0.2) is 17.3 Å². The van der Waals surface area contributed by atoms with Crippen LogP contribution in [0.25, 0.3) is 0 Å². The largest absolute Gasteiger partial charge is 0.465 e. The van der Waals surface area contributed by atoms with Crippen molar-refractivity contribution >= 4 is 0 Å². The minimum Gasteiger partial charge on any atom is -0.465 e. The Balaban J connectivity index is 2.27. The fourth-order valence-corrected chi connectivity index (χ4v) is 1.66. The van der Waals surface area contributed by atoms with E-state index in [0.717, 1.165) is 24.4 Å². The van der Waals surface area contributed by atoms with E-state index in [0.29, 0.717) is 13.1 Å². The first-order valence-corrected chi connectivity index (χ1v) is 5.52. The van der Waals surface area contributed by atoms with Crippen LogP contribution in [0, 0.1) is 6.92 Å². The molecule has 1 atom stereocenters. The normalized spacial score (nSPS) is 15.2. The van der Waals surface area contributed by atoms with Gasteiger partial charge in [0.1, 0.15) is 11.5 Å². The molecule has 0 fully saturated rings. The zero-order chi connectivity index (χ0) is 11.3. The Morgan fingerprint density at radius 1 is 1.47 bits per heavy atom. The van der Waals surface area contributed by atoms with Gasteiger partial charge in [0.2, 0.25) is 0 Å². The summed E-state index contributed by atoms with van der Waals surface area (Å²) in [6, 6.07) is 3.90. The van der Waals surface area contributed by atoms with E-state index in [1.807, 2.05) is 26.0 Å². The molecule has 0 aromatic carbocycles. The average molecular weight is 211 g/mol. The van der Waals surface area contributed by atoms with Crippen LogP contribution in [0.15, 0.2) is 16.5 Å². The van der Waals surface area contributed by atoms with Crippen LogP contribution in [-0.2, 0) is 6.54 Å². The maximum Gasteiger partial charge on any atom is 0.117 e. The van der Waals surface area contributed by atoms with Crippen molar-refractivity contribution in [3.05, 3.63) is 23.7 Å². The number of aliphatic hydroxyl groups is 1. The van der Waals surface area contributed by atoms with Gasteiger partial charge in [-0.25, -0.2) is 0 Å². The summed E-state index contributed by atoms with van der Waals surface area (Å²) in [7, 11) is 0. The summed E-state index contributed by atoms with van der Waals surface area (Å²) < 4.78 is 5.41. The summed E-state index contributed by atoms with van der Waals surface area (Å²) in [5.41, 5.74) is -0.615. The number of furan rings is 1. The molecule has 2 N–H and O–H groups in total. The summed E-state index contributed by atoms with van der Waals surface area (Å²) in [4.78, 5) is 0. The highest BCUT2D eigenvalue weighted by molar-refractivity contribution is 5.05. The summed E-state index contributed by atoms with van der Waals surface area (Å²) in [5, 5.41) is 13.1. The molecule has 3 nitrogen and oxygen atoms in total. The standard InChI is InChI=1S/C12H21NO2/c1-4-7-12(3,14)9-13-8-11-6-5-10(2)15-11/h5-6,13-14H,4,7-9H2,1-3H3. The van der Waals surface area contributed by atoms with Crippen LogP contribution in [0.3, 0.4) is 0 Å². The third-order valence-electron chi connectivity index (χ3n) is 2.39. The van der Waals surface area contributed by atoms with Gasteiger partial charge in [-0.1, -0.05) is 13.3 Å². The molecule has 1 aromatic heterocycles. The molecule has 1 unspecified atom stereocenters. The van der Waals surface area contributed by atoms with Gasteiger partial charge < -0.3 is 14.8 Å². The molecule has 1 rings (SSSR count). The lowest BCUT2D eigenvalue weighted by Crippen LogP contribution is -2.37. The van der Waals surface area contributed by atoms with E-state index in [1.54, 1.807) is 0 Å². The Bertz CT molecular complexity index is 292. The quantitative estimate of drug-likeness (QED) is 0.758. The maximum absolute atomic E-state index is 9.90. The highest BCUT2D eigenvalue weighted by Gasteiger charge is 2.18. The van der Waals surface area contributed by atoms with Gasteiger partial charge in [0.25, 0.3) is 0 Å². The van der Waals surface area contributed by atoms with Crippen LogP contribution in [0.1, 0.15) is 38.2 Å². The molecule has 0 saturated carbocycles. The van der Waals surface area contributed by atoms with Crippen LogP contribution >= 0.6 is 0 Å². The first kappa shape index (κ1) is 12.3. The van der Waals surface area contributed by atoms with Crippen molar-refractivity contribution in [2.75, 3.05) is 6.54 Å². The maximum atomic E-state index is 9.90. The molecule has 0 aliphatic rings. The number of aryl methyl sites for hydroxylation is 1. The molecule has 86 valence electrons. The van der Waals surface area contributed by atoms with Crippen molar-refractivity contribution in [2.45, 2.75) is 45.8 Å².